The number of halogens is 5. The minimum atomic E-state index is -4.75. The van der Waals surface area contributed by atoms with Crippen LogP contribution >= 0.6 is 0 Å². The molecule has 3 aromatic carbocycles. The fourth-order valence-electron chi connectivity index (χ4n) is 6.21. The zero-order chi connectivity index (χ0) is 26.2. The lowest BCUT2D eigenvalue weighted by atomic mass is 9.87. The zero-order valence-corrected chi connectivity index (χ0v) is 19.7. The summed E-state index contributed by atoms with van der Waals surface area (Å²) >= 11 is 0. The number of ether oxygens (including phenoxy) is 4. The normalized spacial score (nSPS) is 24.4. The average molecular weight is 529 g/mol. The molecule has 196 valence electrons. The molecule has 1 aliphatic carbocycles. The van der Waals surface area contributed by atoms with E-state index in [4.69, 9.17) is 18.9 Å². The van der Waals surface area contributed by atoms with Gasteiger partial charge in [-0.3, -0.25) is 0 Å². The molecule has 0 unspecified atom stereocenters. The molecule has 0 saturated heterocycles. The molecule has 1 saturated carbocycles. The van der Waals surface area contributed by atoms with E-state index in [2.05, 4.69) is 0 Å². The predicted molar refractivity (Wildman–Crippen MR) is 127 cm³/mol. The number of alkyl halides is 3. The van der Waals surface area contributed by atoms with Crippen molar-refractivity contribution in [2.75, 3.05) is 31.3 Å². The van der Waals surface area contributed by atoms with Crippen molar-refractivity contribution in [2.45, 2.75) is 23.6 Å². The smallest absolute Gasteiger partial charge is 0.401 e. The Morgan fingerprint density at radius 1 is 0.763 bits per heavy atom. The molecule has 0 bridgehead atoms. The highest BCUT2D eigenvalue weighted by atomic mass is 19.4. The van der Waals surface area contributed by atoms with Gasteiger partial charge in [-0.05, 0) is 47.5 Å². The summed E-state index contributed by atoms with van der Waals surface area (Å²) in [5.74, 6) is 0.133. The summed E-state index contributed by atoms with van der Waals surface area (Å²) in [7, 11) is 0. The second-order valence-corrected chi connectivity index (χ2v) is 9.54. The van der Waals surface area contributed by atoms with Gasteiger partial charge in [0.15, 0.2) is 23.0 Å². The number of hydrogen-bond acceptors (Lipinski definition) is 5. The van der Waals surface area contributed by atoms with Crippen LogP contribution in [-0.4, -0.2) is 38.6 Å². The van der Waals surface area contributed by atoms with Crippen LogP contribution in [0.4, 0.5) is 27.6 Å². The number of benzene rings is 3. The van der Waals surface area contributed by atoms with Crippen LogP contribution in [-0.2, 0) is 5.41 Å². The van der Waals surface area contributed by atoms with Crippen molar-refractivity contribution >= 4 is 11.4 Å². The summed E-state index contributed by atoms with van der Waals surface area (Å²) in [6, 6.07) is 13.5. The zero-order valence-electron chi connectivity index (χ0n) is 19.7. The molecule has 7 rings (SSSR count). The van der Waals surface area contributed by atoms with Crippen molar-refractivity contribution < 1.29 is 40.9 Å². The summed E-state index contributed by atoms with van der Waals surface area (Å²) in [6.07, 6.45) is -6.84. The average Bonchev–Trinajstić information content (AvgIpc) is 3.52. The molecule has 0 radical (unpaired) electrons. The largest absolute Gasteiger partial charge is 0.486 e. The number of hydrogen-bond donors (Lipinski definition) is 0. The fraction of sp³-hybridized carbons (Fsp3) is 0.286. The van der Waals surface area contributed by atoms with Crippen LogP contribution < -0.4 is 23.8 Å². The van der Waals surface area contributed by atoms with E-state index in [1.165, 1.54) is 36.4 Å². The van der Waals surface area contributed by atoms with E-state index in [0.29, 0.717) is 36.0 Å². The Bertz CT molecular complexity index is 1480. The van der Waals surface area contributed by atoms with Crippen LogP contribution in [0.5, 0.6) is 23.0 Å². The molecule has 0 aromatic heterocycles. The fourth-order valence-corrected chi connectivity index (χ4v) is 6.21. The maximum Gasteiger partial charge on any atom is 0.401 e. The van der Waals surface area contributed by atoms with E-state index in [0.717, 1.165) is 4.90 Å². The van der Waals surface area contributed by atoms with Crippen molar-refractivity contribution in [1.29, 1.82) is 0 Å². The van der Waals surface area contributed by atoms with Gasteiger partial charge >= 0.3 is 6.18 Å². The van der Waals surface area contributed by atoms with Gasteiger partial charge < -0.3 is 23.8 Å². The molecule has 3 aromatic rings. The van der Waals surface area contributed by atoms with Gasteiger partial charge in [0.2, 0.25) is 0 Å². The highest BCUT2D eigenvalue weighted by molar-refractivity contribution is 5.89. The highest BCUT2D eigenvalue weighted by Crippen LogP contribution is 2.76. The molecule has 0 amide bonds. The van der Waals surface area contributed by atoms with Gasteiger partial charge in [0.05, 0.1) is 6.04 Å². The SMILES string of the molecule is FC(F)=C(c1ccc2c(c1)OCCO2)N1c2ccccc2[C@H]2[C@@H]1[C@]2(c1ccc2c(c1)OCCO2)C(F)(F)F. The molecular weight excluding hydrogens is 509 g/mol. The van der Waals surface area contributed by atoms with Crippen LogP contribution in [0.1, 0.15) is 22.6 Å². The van der Waals surface area contributed by atoms with Crippen molar-refractivity contribution in [2.24, 2.45) is 0 Å². The number of para-hydroxylation sites is 1. The summed E-state index contributed by atoms with van der Waals surface area (Å²) in [5, 5.41) is 0. The molecule has 0 spiro atoms. The Morgan fingerprint density at radius 3 is 2.03 bits per heavy atom. The predicted octanol–water partition coefficient (Wildman–Crippen LogP) is 6.28. The molecule has 3 atom stereocenters. The Morgan fingerprint density at radius 2 is 1.37 bits per heavy atom. The number of rotatable bonds is 3. The summed E-state index contributed by atoms with van der Waals surface area (Å²) < 4.78 is 97.1. The molecule has 4 aliphatic rings. The van der Waals surface area contributed by atoms with E-state index in [1.54, 1.807) is 24.3 Å². The lowest BCUT2D eigenvalue weighted by Crippen LogP contribution is -2.40. The first-order chi connectivity index (χ1) is 18.3. The molecule has 1 fully saturated rings. The first kappa shape index (κ1) is 23.2. The third-order valence-electron chi connectivity index (χ3n) is 7.70. The van der Waals surface area contributed by atoms with Gasteiger partial charge in [0.25, 0.3) is 6.08 Å². The molecule has 10 heteroatoms. The van der Waals surface area contributed by atoms with Crippen LogP contribution in [0.25, 0.3) is 5.70 Å². The maximum absolute atomic E-state index is 15.2. The van der Waals surface area contributed by atoms with Gasteiger partial charge in [-0.15, -0.1) is 0 Å². The maximum atomic E-state index is 15.2. The van der Waals surface area contributed by atoms with Crippen LogP contribution in [0.15, 0.2) is 66.7 Å². The summed E-state index contributed by atoms with van der Waals surface area (Å²) in [6.45, 7) is 1.07. The van der Waals surface area contributed by atoms with Crippen LogP contribution in [0.3, 0.4) is 0 Å². The topological polar surface area (TPSA) is 40.2 Å². The standard InChI is InChI=1S/C28H20F5NO4/c29-26(30)24(15-5-7-19-21(13-15)37-11-9-35-19)34-18-4-2-1-3-17(18)23-25(34)27(23,28(31,32)33)16-6-8-20-22(14-16)38-12-10-36-20/h1-8,13-14,23,25H,9-12H2/t23-,25+,27+/m0/s1. The van der Waals surface area contributed by atoms with Gasteiger partial charge in [0.1, 0.15) is 37.5 Å². The first-order valence-corrected chi connectivity index (χ1v) is 12.1. The van der Waals surface area contributed by atoms with Gasteiger partial charge in [0, 0.05) is 17.2 Å². The monoisotopic (exact) mass is 529 g/mol. The minimum Gasteiger partial charge on any atom is -0.486 e. The first-order valence-electron chi connectivity index (χ1n) is 12.1. The summed E-state index contributed by atoms with van der Waals surface area (Å²) in [4.78, 5) is 1.14. The van der Waals surface area contributed by atoms with E-state index in [9.17, 15) is 8.78 Å². The Kier molecular flexibility index (Phi) is 4.90. The third kappa shape index (κ3) is 3.09. The minimum absolute atomic E-state index is 0.0369. The molecular formula is C28H20F5NO4. The third-order valence-corrected chi connectivity index (χ3v) is 7.70. The van der Waals surface area contributed by atoms with E-state index >= 15 is 13.2 Å². The number of anilines is 1. The van der Waals surface area contributed by atoms with Crippen molar-refractivity contribution in [1.82, 2.24) is 0 Å². The van der Waals surface area contributed by atoms with Crippen molar-refractivity contribution in [3.63, 3.8) is 0 Å². The lowest BCUT2D eigenvalue weighted by Gasteiger charge is -2.33. The van der Waals surface area contributed by atoms with E-state index < -0.39 is 35.3 Å². The Hall–Kier alpha value is -3.95. The number of fused-ring (bicyclic) bond motifs is 5. The lowest BCUT2D eigenvalue weighted by molar-refractivity contribution is -0.163. The van der Waals surface area contributed by atoms with Gasteiger partial charge in [-0.25, -0.2) is 0 Å². The van der Waals surface area contributed by atoms with Crippen LogP contribution in [0, 0.1) is 0 Å². The highest BCUT2D eigenvalue weighted by Gasteiger charge is 2.84. The second kappa shape index (κ2) is 8.02. The molecule has 38 heavy (non-hydrogen) atoms. The Balaban J connectivity index is 1.41. The van der Waals surface area contributed by atoms with E-state index in [-0.39, 0.29) is 35.8 Å². The van der Waals surface area contributed by atoms with Gasteiger partial charge in [-0.2, -0.15) is 22.0 Å². The second-order valence-electron chi connectivity index (χ2n) is 9.54. The van der Waals surface area contributed by atoms with Crippen molar-refractivity contribution in [3.8, 4) is 23.0 Å². The van der Waals surface area contributed by atoms with Crippen LogP contribution in [0.2, 0.25) is 0 Å². The quantitative estimate of drug-likeness (QED) is 0.374. The Labute approximate surface area is 214 Å². The molecule has 5 nitrogen and oxygen atoms in total. The number of nitrogens with zero attached hydrogens (tertiary/aromatic N) is 1. The molecule has 0 N–H and O–H groups in total. The molecule has 3 heterocycles. The summed E-state index contributed by atoms with van der Waals surface area (Å²) in [5.41, 5.74) is -2.35. The van der Waals surface area contributed by atoms with Crippen molar-refractivity contribution in [3.05, 3.63) is 83.4 Å². The van der Waals surface area contributed by atoms with Gasteiger partial charge in [-0.1, -0.05) is 24.3 Å². The van der Waals surface area contributed by atoms with E-state index in [1.807, 2.05) is 0 Å². The molecule has 3 aliphatic heterocycles.